The Balaban J connectivity index is 2.34. The molecule has 1 aromatic carbocycles. The summed E-state index contributed by atoms with van der Waals surface area (Å²) >= 11 is 6.17. The number of nitrogens with zero attached hydrogens (tertiary/aromatic N) is 2. The normalized spacial score (nSPS) is 12.5. The second-order valence-electron chi connectivity index (χ2n) is 4.59. The molecule has 1 heterocycles. The van der Waals surface area contributed by atoms with E-state index in [1.807, 2.05) is 20.9 Å². The summed E-state index contributed by atoms with van der Waals surface area (Å²) in [6, 6.07) is 5.27. The molecule has 0 radical (unpaired) electrons. The number of aliphatic hydroxyl groups is 1. The van der Waals surface area contributed by atoms with E-state index in [0.29, 0.717) is 16.5 Å². The van der Waals surface area contributed by atoms with E-state index < -0.39 is 6.10 Å². The molecule has 4 nitrogen and oxygen atoms in total. The molecule has 0 aliphatic heterocycles. The summed E-state index contributed by atoms with van der Waals surface area (Å²) in [6.07, 6.45) is -0.548. The highest BCUT2D eigenvalue weighted by atomic mass is 35.5. The number of hydrogen-bond acceptors (Lipinski definition) is 3. The van der Waals surface area contributed by atoms with Gasteiger partial charge < -0.3 is 9.84 Å². The van der Waals surface area contributed by atoms with Crippen LogP contribution in [0.15, 0.2) is 18.2 Å². The summed E-state index contributed by atoms with van der Waals surface area (Å²) in [6.45, 7) is 5.52. The number of halogens is 1. The Labute approximate surface area is 117 Å². The summed E-state index contributed by atoms with van der Waals surface area (Å²) in [4.78, 5) is 0. The first-order valence-electron chi connectivity index (χ1n) is 6.05. The number of rotatable bonds is 3. The molecule has 0 fully saturated rings. The van der Waals surface area contributed by atoms with Gasteiger partial charge in [-0.3, -0.25) is 4.68 Å². The van der Waals surface area contributed by atoms with Crippen LogP contribution < -0.4 is 4.74 Å². The Bertz CT molecular complexity index is 606. The summed E-state index contributed by atoms with van der Waals surface area (Å²) in [5, 5.41) is 14.3. The highest BCUT2D eigenvalue weighted by Gasteiger charge is 2.14. The lowest BCUT2D eigenvalue weighted by molar-refractivity contribution is 0.199. The summed E-state index contributed by atoms with van der Waals surface area (Å²) < 4.78 is 7.60. The van der Waals surface area contributed by atoms with Gasteiger partial charge in [-0.25, -0.2) is 0 Å². The number of ether oxygens (including phenoxy) is 1. The molecule has 2 rings (SSSR count). The van der Waals surface area contributed by atoms with Crippen molar-refractivity contribution < 1.29 is 9.84 Å². The fourth-order valence-corrected chi connectivity index (χ4v) is 2.10. The van der Waals surface area contributed by atoms with E-state index in [4.69, 9.17) is 16.3 Å². The lowest BCUT2D eigenvalue weighted by atomic mass is 10.1. The predicted octanol–water partition coefficient (Wildman–Crippen LogP) is 3.54. The maximum absolute atomic E-state index is 9.51. The fourth-order valence-electron chi connectivity index (χ4n) is 1.87. The Kier molecular flexibility index (Phi) is 3.83. The van der Waals surface area contributed by atoms with Crippen LogP contribution in [0.1, 0.15) is 30.0 Å². The Hall–Kier alpha value is -1.52. The van der Waals surface area contributed by atoms with Crippen molar-refractivity contribution in [3.63, 3.8) is 0 Å². The number of aliphatic hydroxyl groups excluding tert-OH is 1. The molecule has 0 spiro atoms. The van der Waals surface area contributed by atoms with Gasteiger partial charge >= 0.3 is 0 Å². The minimum atomic E-state index is -0.548. The van der Waals surface area contributed by atoms with E-state index in [1.54, 1.807) is 29.8 Å². The van der Waals surface area contributed by atoms with Gasteiger partial charge in [0.25, 0.3) is 0 Å². The first-order valence-corrected chi connectivity index (χ1v) is 6.43. The molecule has 0 bridgehead atoms. The maximum Gasteiger partial charge on any atom is 0.171 e. The van der Waals surface area contributed by atoms with Crippen LogP contribution in [0.2, 0.25) is 5.02 Å². The Morgan fingerprint density at radius 1 is 1.37 bits per heavy atom. The van der Waals surface area contributed by atoms with Crippen molar-refractivity contribution in [1.82, 2.24) is 9.78 Å². The van der Waals surface area contributed by atoms with Gasteiger partial charge in [0, 0.05) is 7.05 Å². The SMILES string of the molecule is Cc1nn(C)c(C)c1Oc1ccc(C(C)O)cc1Cl. The lowest BCUT2D eigenvalue weighted by Crippen LogP contribution is -1.94. The first kappa shape index (κ1) is 13.9. The molecular weight excluding hydrogens is 264 g/mol. The molecule has 0 aliphatic rings. The van der Waals surface area contributed by atoms with E-state index >= 15 is 0 Å². The van der Waals surface area contributed by atoms with Crippen molar-refractivity contribution in [3.05, 3.63) is 40.2 Å². The minimum Gasteiger partial charge on any atom is -0.452 e. The Morgan fingerprint density at radius 2 is 2.05 bits per heavy atom. The third-order valence-electron chi connectivity index (χ3n) is 3.09. The van der Waals surface area contributed by atoms with Crippen LogP contribution in [-0.4, -0.2) is 14.9 Å². The van der Waals surface area contributed by atoms with Crippen LogP contribution in [0.25, 0.3) is 0 Å². The first-order chi connectivity index (χ1) is 8.90. The third-order valence-corrected chi connectivity index (χ3v) is 3.39. The van der Waals surface area contributed by atoms with Crippen molar-refractivity contribution >= 4 is 11.6 Å². The van der Waals surface area contributed by atoms with Gasteiger partial charge in [-0.05, 0) is 38.5 Å². The topological polar surface area (TPSA) is 47.3 Å². The van der Waals surface area contributed by atoms with Gasteiger partial charge in [0.05, 0.1) is 16.8 Å². The quantitative estimate of drug-likeness (QED) is 0.935. The molecule has 5 heteroatoms. The molecule has 1 atom stereocenters. The maximum atomic E-state index is 9.51. The second kappa shape index (κ2) is 5.23. The average Bonchev–Trinajstić information content (AvgIpc) is 2.58. The second-order valence-corrected chi connectivity index (χ2v) is 5.00. The molecular formula is C14H17ClN2O2. The average molecular weight is 281 g/mol. The number of benzene rings is 1. The van der Waals surface area contributed by atoms with Crippen LogP contribution in [0.3, 0.4) is 0 Å². The molecule has 2 aromatic rings. The van der Waals surface area contributed by atoms with Crippen LogP contribution in [-0.2, 0) is 7.05 Å². The van der Waals surface area contributed by atoms with Gasteiger partial charge in [0.2, 0.25) is 0 Å². The van der Waals surface area contributed by atoms with Crippen LogP contribution >= 0.6 is 11.6 Å². The van der Waals surface area contributed by atoms with Crippen molar-refractivity contribution in [2.75, 3.05) is 0 Å². The van der Waals surface area contributed by atoms with E-state index in [2.05, 4.69) is 5.10 Å². The van der Waals surface area contributed by atoms with Gasteiger partial charge in [-0.2, -0.15) is 5.10 Å². The molecule has 1 unspecified atom stereocenters. The molecule has 102 valence electrons. The number of hydrogen-bond donors (Lipinski definition) is 1. The van der Waals surface area contributed by atoms with Gasteiger partial charge in [0.1, 0.15) is 11.4 Å². The molecule has 0 saturated carbocycles. The minimum absolute atomic E-state index is 0.473. The predicted molar refractivity (Wildman–Crippen MR) is 74.8 cm³/mol. The van der Waals surface area contributed by atoms with Crippen LogP contribution in [0.4, 0.5) is 0 Å². The number of aromatic nitrogens is 2. The molecule has 1 aromatic heterocycles. The standard InChI is InChI=1S/C14H17ClN2O2/c1-8-14(9(2)17(4)16-8)19-13-6-5-11(10(3)18)7-12(13)15/h5-7,10,18H,1-4H3. The highest BCUT2D eigenvalue weighted by Crippen LogP contribution is 2.34. The van der Waals surface area contributed by atoms with E-state index in [9.17, 15) is 5.11 Å². The van der Waals surface area contributed by atoms with Crippen LogP contribution in [0, 0.1) is 13.8 Å². The zero-order chi connectivity index (χ0) is 14.2. The van der Waals surface area contributed by atoms with Crippen molar-refractivity contribution in [2.45, 2.75) is 26.9 Å². The van der Waals surface area contributed by atoms with Crippen molar-refractivity contribution in [2.24, 2.45) is 7.05 Å². The summed E-state index contributed by atoms with van der Waals surface area (Å²) in [7, 11) is 1.87. The summed E-state index contributed by atoms with van der Waals surface area (Å²) in [5.41, 5.74) is 2.51. The zero-order valence-corrected chi connectivity index (χ0v) is 12.2. The Morgan fingerprint density at radius 3 is 2.53 bits per heavy atom. The summed E-state index contributed by atoms with van der Waals surface area (Å²) in [5.74, 6) is 1.28. The molecule has 19 heavy (non-hydrogen) atoms. The lowest BCUT2D eigenvalue weighted by Gasteiger charge is -2.10. The van der Waals surface area contributed by atoms with Crippen LogP contribution in [0.5, 0.6) is 11.5 Å². The van der Waals surface area contributed by atoms with Gasteiger partial charge in [0.15, 0.2) is 5.75 Å². The molecule has 0 saturated heterocycles. The third kappa shape index (κ3) is 2.74. The smallest absolute Gasteiger partial charge is 0.171 e. The molecule has 0 aliphatic carbocycles. The van der Waals surface area contributed by atoms with Gasteiger partial charge in [-0.1, -0.05) is 17.7 Å². The van der Waals surface area contributed by atoms with E-state index in [-0.39, 0.29) is 0 Å². The van der Waals surface area contributed by atoms with Crippen molar-refractivity contribution in [3.8, 4) is 11.5 Å². The van der Waals surface area contributed by atoms with Crippen molar-refractivity contribution in [1.29, 1.82) is 0 Å². The molecule has 0 amide bonds. The van der Waals surface area contributed by atoms with E-state index in [0.717, 1.165) is 17.0 Å². The van der Waals surface area contributed by atoms with Gasteiger partial charge in [-0.15, -0.1) is 0 Å². The molecule has 1 N–H and O–H groups in total. The fraction of sp³-hybridized carbons (Fsp3) is 0.357. The van der Waals surface area contributed by atoms with E-state index in [1.165, 1.54) is 0 Å². The zero-order valence-electron chi connectivity index (χ0n) is 11.4. The number of aryl methyl sites for hydroxylation is 2. The largest absolute Gasteiger partial charge is 0.452 e. The highest BCUT2D eigenvalue weighted by molar-refractivity contribution is 6.32. The monoisotopic (exact) mass is 280 g/mol.